The summed E-state index contributed by atoms with van der Waals surface area (Å²) in [6.45, 7) is 6.75. The molecule has 0 aliphatic rings. The minimum absolute atomic E-state index is 0.0190. The van der Waals surface area contributed by atoms with Gasteiger partial charge in [-0.15, -0.1) is 0 Å². The van der Waals surface area contributed by atoms with Crippen LogP contribution in [0.5, 0.6) is 0 Å². The third kappa shape index (κ3) is 7.98. The zero-order valence-corrected chi connectivity index (χ0v) is 18.3. The first-order chi connectivity index (χ1) is 15.4. The Bertz CT molecular complexity index is 976. The number of nitrogens with two attached hydrogens (primary N) is 2. The first-order valence-corrected chi connectivity index (χ1v) is 10.3. The molecule has 0 aliphatic carbocycles. The minimum atomic E-state index is 0.0190. The first kappa shape index (κ1) is 24.2. The highest BCUT2D eigenvalue weighted by molar-refractivity contribution is 5.99. The average molecular weight is 434 g/mol. The Balaban J connectivity index is 1.85. The van der Waals surface area contributed by atoms with Gasteiger partial charge in [-0.3, -0.25) is 10.8 Å². The predicted octanol–water partition coefficient (Wildman–Crippen LogP) is 3.83. The van der Waals surface area contributed by atoms with Gasteiger partial charge in [0.2, 0.25) is 5.90 Å². The van der Waals surface area contributed by atoms with Gasteiger partial charge in [0.05, 0.1) is 18.1 Å². The fraction of sp³-hybridized carbons (Fsp3) is 0.208. The van der Waals surface area contributed by atoms with Crippen LogP contribution in [0.15, 0.2) is 78.1 Å². The molecule has 2 aromatic rings. The lowest BCUT2D eigenvalue weighted by molar-refractivity contribution is 0.294. The summed E-state index contributed by atoms with van der Waals surface area (Å²) in [5.41, 5.74) is 14.7. The lowest BCUT2D eigenvalue weighted by Gasteiger charge is -2.14. The number of rotatable bonds is 12. The van der Waals surface area contributed by atoms with E-state index in [0.29, 0.717) is 23.7 Å². The molecule has 0 aromatic heterocycles. The number of nitrogens with one attached hydrogen (secondary N) is 4. The number of anilines is 1. The molecule has 168 valence electrons. The first-order valence-electron chi connectivity index (χ1n) is 10.3. The Morgan fingerprint density at radius 3 is 2.28 bits per heavy atom. The summed E-state index contributed by atoms with van der Waals surface area (Å²) in [4.78, 5) is 4.43. The molecule has 0 heterocycles. The van der Waals surface area contributed by atoms with Gasteiger partial charge in [0.25, 0.3) is 0 Å². The standard InChI is InChI=1S/C24H31N7O/c1-3-21(25)32-16-6-5-15-29-22(4-2)30-19-13-9-18(10-14-19)24(28)31-20-11-7-17(8-12-20)23(26)27/h3-4,7-14,25,29-30H,1,5-6,15-16H2,2H3,(H3,26,27)(H2,28,31)/b22-4+,25-21?. The van der Waals surface area contributed by atoms with E-state index >= 15 is 0 Å². The van der Waals surface area contributed by atoms with Crippen LogP contribution in [-0.4, -0.2) is 30.7 Å². The molecule has 0 bridgehead atoms. The lowest BCUT2D eigenvalue weighted by atomic mass is 10.1. The number of ether oxygens (including phenoxy) is 1. The van der Waals surface area contributed by atoms with Crippen LogP contribution in [0.4, 0.5) is 11.4 Å². The summed E-state index contributed by atoms with van der Waals surface area (Å²) in [6.07, 6.45) is 5.13. The highest BCUT2D eigenvalue weighted by Crippen LogP contribution is 2.16. The number of amidine groups is 2. The van der Waals surface area contributed by atoms with Crippen molar-refractivity contribution in [1.29, 1.82) is 10.8 Å². The smallest absolute Gasteiger partial charge is 0.205 e. The molecule has 8 nitrogen and oxygen atoms in total. The van der Waals surface area contributed by atoms with E-state index in [1.54, 1.807) is 24.3 Å². The highest BCUT2D eigenvalue weighted by Gasteiger charge is 2.03. The molecule has 0 aliphatic heterocycles. The molecule has 2 rings (SSSR count). The summed E-state index contributed by atoms with van der Waals surface area (Å²) in [5.74, 6) is 1.44. The van der Waals surface area contributed by atoms with Crippen LogP contribution in [0.25, 0.3) is 0 Å². The number of benzene rings is 2. The maximum absolute atomic E-state index is 7.44. The number of hydrogen-bond acceptors (Lipinski definition) is 6. The van der Waals surface area contributed by atoms with Gasteiger partial charge < -0.3 is 26.8 Å². The molecule has 8 N–H and O–H groups in total. The van der Waals surface area contributed by atoms with Gasteiger partial charge in [-0.25, -0.2) is 4.99 Å². The fourth-order valence-corrected chi connectivity index (χ4v) is 2.71. The van der Waals surface area contributed by atoms with Crippen LogP contribution >= 0.6 is 0 Å². The maximum Gasteiger partial charge on any atom is 0.205 e. The van der Waals surface area contributed by atoms with Crippen LogP contribution in [-0.2, 0) is 4.74 Å². The highest BCUT2D eigenvalue weighted by atomic mass is 16.5. The third-order valence-electron chi connectivity index (χ3n) is 4.51. The van der Waals surface area contributed by atoms with Gasteiger partial charge in [-0.2, -0.15) is 0 Å². The largest absolute Gasteiger partial charge is 0.478 e. The second-order valence-corrected chi connectivity index (χ2v) is 6.91. The Kier molecular flexibility index (Phi) is 9.52. The third-order valence-corrected chi connectivity index (χ3v) is 4.51. The summed E-state index contributed by atoms with van der Waals surface area (Å²) >= 11 is 0. The SMILES string of the molecule is C=CC(=N)OCCCCN/C(=C\C)Nc1ccc(C(N)=Nc2ccc(C(=N)N)cc2)cc1. The number of unbranched alkanes of at least 4 members (excludes halogenated alkanes) is 1. The molecule has 2 aromatic carbocycles. The Morgan fingerprint density at radius 1 is 1.03 bits per heavy atom. The van der Waals surface area contributed by atoms with Crippen LogP contribution in [0.3, 0.4) is 0 Å². The van der Waals surface area contributed by atoms with Gasteiger partial charge >= 0.3 is 0 Å². The van der Waals surface area contributed by atoms with Crippen molar-refractivity contribution in [1.82, 2.24) is 5.32 Å². The van der Waals surface area contributed by atoms with Crippen molar-refractivity contribution in [3.8, 4) is 0 Å². The van der Waals surface area contributed by atoms with Crippen molar-refractivity contribution >= 4 is 28.9 Å². The van der Waals surface area contributed by atoms with E-state index in [9.17, 15) is 0 Å². The van der Waals surface area contributed by atoms with Gasteiger partial charge in [0.15, 0.2) is 0 Å². The molecule has 0 atom stereocenters. The molecule has 0 amide bonds. The van der Waals surface area contributed by atoms with Crippen LogP contribution in [0.2, 0.25) is 0 Å². The zero-order chi connectivity index (χ0) is 23.3. The number of aliphatic imine (C=N–C) groups is 1. The van der Waals surface area contributed by atoms with Crippen LogP contribution < -0.4 is 22.1 Å². The predicted molar refractivity (Wildman–Crippen MR) is 133 cm³/mol. The number of hydrogen-bond donors (Lipinski definition) is 6. The second-order valence-electron chi connectivity index (χ2n) is 6.91. The molecule has 0 spiro atoms. The molecule has 0 saturated heterocycles. The average Bonchev–Trinajstić information content (AvgIpc) is 2.80. The fourth-order valence-electron chi connectivity index (χ4n) is 2.71. The van der Waals surface area contributed by atoms with Crippen molar-refractivity contribution in [3.05, 3.63) is 84.2 Å². The Hall–Kier alpha value is -4.07. The van der Waals surface area contributed by atoms with Crippen molar-refractivity contribution in [2.24, 2.45) is 16.5 Å². The summed E-state index contributed by atoms with van der Waals surface area (Å²) in [5, 5.41) is 21.5. The lowest BCUT2D eigenvalue weighted by Crippen LogP contribution is -2.21. The minimum Gasteiger partial charge on any atom is -0.478 e. The van der Waals surface area contributed by atoms with Crippen molar-refractivity contribution < 1.29 is 4.74 Å². The topological polar surface area (TPSA) is 145 Å². The van der Waals surface area contributed by atoms with Crippen molar-refractivity contribution in [2.75, 3.05) is 18.5 Å². The van der Waals surface area contributed by atoms with E-state index in [-0.39, 0.29) is 11.7 Å². The number of allylic oxidation sites excluding steroid dienone is 1. The van der Waals surface area contributed by atoms with Crippen LogP contribution in [0, 0.1) is 10.8 Å². The molecule has 0 fully saturated rings. The van der Waals surface area contributed by atoms with Gasteiger partial charge in [0.1, 0.15) is 11.7 Å². The zero-order valence-electron chi connectivity index (χ0n) is 18.3. The number of nitrogens with zero attached hydrogens (tertiary/aromatic N) is 1. The molecular weight excluding hydrogens is 402 g/mol. The molecule has 8 heteroatoms. The number of nitrogen functional groups attached to an aromatic ring is 1. The van der Waals surface area contributed by atoms with Crippen LogP contribution in [0.1, 0.15) is 30.9 Å². The van der Waals surface area contributed by atoms with Gasteiger partial charge in [-0.1, -0.05) is 6.58 Å². The summed E-state index contributed by atoms with van der Waals surface area (Å²) < 4.78 is 5.18. The monoisotopic (exact) mass is 433 g/mol. The van der Waals surface area contributed by atoms with Gasteiger partial charge in [0, 0.05) is 23.4 Å². The molecule has 0 unspecified atom stereocenters. The molecular formula is C24H31N7O. The molecule has 32 heavy (non-hydrogen) atoms. The van der Waals surface area contributed by atoms with E-state index in [4.69, 9.17) is 27.0 Å². The maximum atomic E-state index is 7.44. The van der Waals surface area contributed by atoms with E-state index < -0.39 is 0 Å². The normalized spacial score (nSPS) is 11.5. The quantitative estimate of drug-likeness (QED) is 0.171. The van der Waals surface area contributed by atoms with Crippen molar-refractivity contribution in [3.63, 3.8) is 0 Å². The van der Waals surface area contributed by atoms with E-state index in [1.165, 1.54) is 6.08 Å². The summed E-state index contributed by atoms with van der Waals surface area (Å²) in [7, 11) is 0. The Labute approximate surface area is 189 Å². The van der Waals surface area contributed by atoms with E-state index in [2.05, 4.69) is 22.2 Å². The molecule has 0 saturated carbocycles. The van der Waals surface area contributed by atoms with E-state index in [1.807, 2.05) is 37.3 Å². The van der Waals surface area contributed by atoms with E-state index in [0.717, 1.165) is 36.5 Å². The second kappa shape index (κ2) is 12.6. The summed E-state index contributed by atoms with van der Waals surface area (Å²) in [6, 6.07) is 14.7. The van der Waals surface area contributed by atoms with Gasteiger partial charge in [-0.05, 0) is 80.4 Å². The Morgan fingerprint density at radius 2 is 1.69 bits per heavy atom. The molecule has 0 radical (unpaired) electrons. The van der Waals surface area contributed by atoms with Crippen molar-refractivity contribution in [2.45, 2.75) is 19.8 Å².